The average Bonchev–Trinajstić information content (AvgIpc) is 2.58. The molecule has 0 saturated heterocycles. The smallest absolute Gasteiger partial charge is 0 e. The first kappa shape index (κ1) is 19.4. The fourth-order valence-electron chi connectivity index (χ4n) is 1.34. The van der Waals surface area contributed by atoms with Gasteiger partial charge in [-0.2, -0.15) is 17.7 Å². The first-order valence-corrected chi connectivity index (χ1v) is 4.21. The number of hydrogen-bond acceptors (Lipinski definition) is 0. The quantitative estimate of drug-likeness (QED) is 0.611. The Morgan fingerprint density at radius 3 is 2.07 bits per heavy atom. The van der Waals surface area contributed by atoms with E-state index in [0.29, 0.717) is 0 Å². The van der Waals surface area contributed by atoms with Crippen LogP contribution in [0.25, 0.3) is 5.57 Å². The van der Waals surface area contributed by atoms with Crippen LogP contribution in [0.2, 0.25) is 0 Å². The summed E-state index contributed by atoms with van der Waals surface area (Å²) in [4.78, 5) is 0. The molecule has 1 aromatic rings. The number of hydrogen-bond donors (Lipinski definition) is 0. The predicted molar refractivity (Wildman–Crippen MR) is 51.6 cm³/mol. The Kier molecular flexibility index (Phi) is 12.9. The molecule has 0 spiro atoms. The number of allylic oxidation sites excluding steroid dienone is 4. The van der Waals surface area contributed by atoms with E-state index in [0.717, 1.165) is 6.42 Å². The Balaban J connectivity index is 0. The molecule has 0 aliphatic heterocycles. The van der Waals surface area contributed by atoms with E-state index in [1.165, 1.54) is 16.7 Å². The Labute approximate surface area is 167 Å². The molecule has 1 aliphatic carbocycles. The van der Waals surface area contributed by atoms with Gasteiger partial charge in [-0.25, -0.2) is 0 Å². The second-order valence-electron chi connectivity index (χ2n) is 3.06. The van der Waals surface area contributed by atoms with Gasteiger partial charge in [-0.3, -0.25) is 0 Å². The molecule has 2 rings (SSSR count). The molecule has 1 aliphatic rings. The minimum atomic E-state index is 0. The number of benzene rings is 1. The van der Waals surface area contributed by atoms with Gasteiger partial charge in [0.1, 0.15) is 0 Å². The molecule has 0 aromatic heterocycles. The van der Waals surface area contributed by atoms with Gasteiger partial charge in [0.15, 0.2) is 0 Å². The molecule has 0 fully saturated rings. The van der Waals surface area contributed by atoms with E-state index in [-0.39, 0.29) is 98.1 Å². The van der Waals surface area contributed by atoms with Crippen molar-refractivity contribution in [3.8, 4) is 0 Å². The number of rotatable bonds is 1. The molecule has 0 amide bonds. The van der Waals surface area contributed by atoms with Crippen molar-refractivity contribution in [2.45, 2.75) is 13.3 Å². The van der Waals surface area contributed by atoms with Crippen LogP contribution in [-0.4, -0.2) is 0 Å². The maximum Gasteiger partial charge on any atom is 0 e. The molecule has 0 unspecified atom stereocenters. The molecule has 3 radical (unpaired) electrons. The van der Waals surface area contributed by atoms with Crippen LogP contribution in [0.5, 0.6) is 0 Å². The summed E-state index contributed by atoms with van der Waals surface area (Å²) in [5.41, 5.74) is 3.81. The van der Waals surface area contributed by atoms with Crippen LogP contribution < -0.4 is 0 Å². The van der Waals surface area contributed by atoms with Crippen molar-refractivity contribution >= 4 is 5.57 Å². The van der Waals surface area contributed by atoms with Gasteiger partial charge in [0, 0.05) is 98.1 Å². The van der Waals surface area contributed by atoms with Gasteiger partial charge >= 0.3 is 0 Å². The zero-order valence-corrected chi connectivity index (χ0v) is 17.4. The fraction of sp³-hybridized carbons (Fsp3) is 0.167. The Bertz CT molecular complexity index is 336. The van der Waals surface area contributed by atoms with Crippen LogP contribution in [0, 0.1) is 13.0 Å². The van der Waals surface area contributed by atoms with Crippen LogP contribution >= 0.6 is 0 Å². The molecule has 0 N–H and O–H groups in total. The van der Waals surface area contributed by atoms with E-state index < -0.39 is 0 Å². The summed E-state index contributed by atoms with van der Waals surface area (Å²) in [5, 5.41) is 0. The standard InChI is InChI=1S/C12H11.3Y/c1-10-6-8-12(9-7-10)11-4-2-3-5-11;;;/h2,4,6-9H,3H2,1H3;;;/q-1;;;. The van der Waals surface area contributed by atoms with Gasteiger partial charge in [-0.1, -0.05) is 24.1 Å². The summed E-state index contributed by atoms with van der Waals surface area (Å²) in [6.07, 6.45) is 8.52. The third-order valence-corrected chi connectivity index (χ3v) is 2.06. The first-order chi connectivity index (χ1) is 5.86. The second kappa shape index (κ2) is 9.98. The molecule has 0 atom stereocenters. The van der Waals surface area contributed by atoms with Crippen molar-refractivity contribution in [2.24, 2.45) is 0 Å². The second-order valence-corrected chi connectivity index (χ2v) is 3.06. The molecule has 0 nitrogen and oxygen atoms in total. The van der Waals surface area contributed by atoms with E-state index >= 15 is 0 Å². The summed E-state index contributed by atoms with van der Waals surface area (Å²) >= 11 is 0. The van der Waals surface area contributed by atoms with Crippen molar-refractivity contribution in [3.63, 3.8) is 0 Å². The molecule has 15 heavy (non-hydrogen) atoms. The average molecular weight is 422 g/mol. The SMILES string of the molecule is Cc1ccc(C2=[C-]CC=C2)cc1.[Y].[Y].[Y]. The Morgan fingerprint density at radius 2 is 1.60 bits per heavy atom. The Morgan fingerprint density at radius 1 is 1.00 bits per heavy atom. The first-order valence-electron chi connectivity index (χ1n) is 4.21. The molecule has 3 heteroatoms. The predicted octanol–water partition coefficient (Wildman–Crippen LogP) is 3.13. The van der Waals surface area contributed by atoms with E-state index in [1.807, 2.05) is 0 Å². The van der Waals surface area contributed by atoms with E-state index in [2.05, 4.69) is 49.4 Å². The van der Waals surface area contributed by atoms with E-state index in [4.69, 9.17) is 0 Å². The minimum Gasteiger partial charge on any atom is -0.197 e. The summed E-state index contributed by atoms with van der Waals surface area (Å²) in [6, 6.07) is 8.56. The molecule has 1 aromatic carbocycles. The van der Waals surface area contributed by atoms with Gasteiger partial charge in [0.2, 0.25) is 0 Å². The zero-order chi connectivity index (χ0) is 8.39. The molecule has 0 heterocycles. The van der Waals surface area contributed by atoms with Crippen LogP contribution in [0.1, 0.15) is 17.5 Å². The van der Waals surface area contributed by atoms with Crippen molar-refractivity contribution < 1.29 is 98.1 Å². The third-order valence-electron chi connectivity index (χ3n) is 2.06. The zero-order valence-electron chi connectivity index (χ0n) is 8.90. The normalized spacial score (nSPS) is 11.9. The van der Waals surface area contributed by atoms with Gasteiger partial charge in [0.05, 0.1) is 0 Å². The van der Waals surface area contributed by atoms with Gasteiger partial charge < -0.3 is 0 Å². The van der Waals surface area contributed by atoms with Crippen molar-refractivity contribution in [1.82, 2.24) is 0 Å². The van der Waals surface area contributed by atoms with Crippen LogP contribution in [-0.2, 0) is 98.1 Å². The summed E-state index contributed by atoms with van der Waals surface area (Å²) in [5.74, 6) is 0. The largest absolute Gasteiger partial charge is 0.197 e. The third kappa shape index (κ3) is 5.94. The van der Waals surface area contributed by atoms with Crippen LogP contribution in [0.15, 0.2) is 36.4 Å². The van der Waals surface area contributed by atoms with Crippen LogP contribution in [0.3, 0.4) is 0 Å². The van der Waals surface area contributed by atoms with E-state index in [1.54, 1.807) is 0 Å². The Hall–Kier alpha value is 2.01. The molecule has 0 saturated carbocycles. The maximum atomic E-state index is 3.30. The van der Waals surface area contributed by atoms with Crippen molar-refractivity contribution in [3.05, 3.63) is 53.6 Å². The molecule has 0 bridgehead atoms. The van der Waals surface area contributed by atoms with Crippen molar-refractivity contribution in [2.75, 3.05) is 0 Å². The van der Waals surface area contributed by atoms with Gasteiger partial charge in [-0.05, 0) is 6.92 Å². The summed E-state index contributed by atoms with van der Waals surface area (Å²) in [6.45, 7) is 2.10. The molecule has 69 valence electrons. The number of aryl methyl sites for hydroxylation is 1. The maximum absolute atomic E-state index is 3.30. The molecular weight excluding hydrogens is 411 g/mol. The minimum absolute atomic E-state index is 0. The van der Waals surface area contributed by atoms with Gasteiger partial charge in [0.25, 0.3) is 0 Å². The summed E-state index contributed by atoms with van der Waals surface area (Å²) < 4.78 is 0. The fourth-order valence-corrected chi connectivity index (χ4v) is 1.34. The van der Waals surface area contributed by atoms with Crippen molar-refractivity contribution in [1.29, 1.82) is 0 Å². The summed E-state index contributed by atoms with van der Waals surface area (Å²) in [7, 11) is 0. The van der Waals surface area contributed by atoms with Crippen LogP contribution in [0.4, 0.5) is 0 Å². The van der Waals surface area contributed by atoms with E-state index in [9.17, 15) is 0 Å². The van der Waals surface area contributed by atoms with Gasteiger partial charge in [-0.15, -0.1) is 23.8 Å². The monoisotopic (exact) mass is 422 g/mol. The topological polar surface area (TPSA) is 0 Å². The molecular formula is C12H11Y3-.